The van der Waals surface area contributed by atoms with Gasteiger partial charge in [0.05, 0.1) is 12.7 Å². The fraction of sp³-hybridized carbons (Fsp3) is 0.846. The third-order valence-electron chi connectivity index (χ3n) is 3.04. The second kappa shape index (κ2) is 7.05. The molecular weight excluding hydrogens is 204 g/mol. The van der Waals surface area contributed by atoms with E-state index >= 15 is 0 Å². The van der Waals surface area contributed by atoms with Crippen LogP contribution in [0.15, 0.2) is 12.2 Å². The van der Waals surface area contributed by atoms with Gasteiger partial charge in [-0.15, -0.1) is 0 Å². The van der Waals surface area contributed by atoms with Crippen molar-refractivity contribution in [1.82, 2.24) is 0 Å². The molecule has 0 bridgehead atoms. The molecule has 0 N–H and O–H groups in total. The number of hydrogen-bond acceptors (Lipinski definition) is 3. The van der Waals surface area contributed by atoms with Crippen LogP contribution in [0.4, 0.5) is 0 Å². The van der Waals surface area contributed by atoms with Gasteiger partial charge in [-0.25, -0.2) is 0 Å². The molecule has 2 atom stereocenters. The molecule has 0 aromatic rings. The quantitative estimate of drug-likeness (QED) is 0.533. The van der Waals surface area contributed by atoms with Gasteiger partial charge in [0.2, 0.25) is 0 Å². The molecule has 1 fully saturated rings. The number of ether oxygens (including phenoxy) is 3. The van der Waals surface area contributed by atoms with Crippen LogP contribution < -0.4 is 0 Å². The summed E-state index contributed by atoms with van der Waals surface area (Å²) in [5.74, 6) is 0. The van der Waals surface area contributed by atoms with Gasteiger partial charge in [0, 0.05) is 13.2 Å². The third kappa shape index (κ3) is 4.24. The molecule has 0 aromatic carbocycles. The molecule has 3 heteroatoms. The maximum absolute atomic E-state index is 5.67. The zero-order chi connectivity index (χ0) is 11.1. The summed E-state index contributed by atoms with van der Waals surface area (Å²) in [6.07, 6.45) is 11.4. The Labute approximate surface area is 97.8 Å². The molecule has 0 aliphatic carbocycles. The summed E-state index contributed by atoms with van der Waals surface area (Å²) in [5.41, 5.74) is 0. The fourth-order valence-corrected chi connectivity index (χ4v) is 2.11. The van der Waals surface area contributed by atoms with Gasteiger partial charge in [0.25, 0.3) is 0 Å². The van der Waals surface area contributed by atoms with Crippen LogP contribution in [0.5, 0.6) is 0 Å². The SMILES string of the molecule is C1=CC(CCCOC2CCCCO2)OCC1. The molecule has 0 aromatic heterocycles. The standard InChI is InChI=1S/C13H22O3/c1-3-9-14-12(6-1)7-5-11-16-13-8-2-4-10-15-13/h1,6,12-13H,2-5,7-11H2. The topological polar surface area (TPSA) is 27.7 Å². The van der Waals surface area contributed by atoms with Gasteiger partial charge in [-0.05, 0) is 38.5 Å². The Morgan fingerprint density at radius 3 is 2.94 bits per heavy atom. The van der Waals surface area contributed by atoms with Crippen LogP contribution in [0.25, 0.3) is 0 Å². The zero-order valence-corrected chi connectivity index (χ0v) is 9.90. The van der Waals surface area contributed by atoms with E-state index < -0.39 is 0 Å². The molecule has 2 heterocycles. The average molecular weight is 226 g/mol. The molecule has 3 nitrogen and oxygen atoms in total. The lowest BCUT2D eigenvalue weighted by Crippen LogP contribution is -2.23. The summed E-state index contributed by atoms with van der Waals surface area (Å²) in [6.45, 7) is 2.52. The first-order valence-corrected chi connectivity index (χ1v) is 6.46. The van der Waals surface area contributed by atoms with Crippen LogP contribution in [-0.4, -0.2) is 32.2 Å². The first-order chi connectivity index (χ1) is 7.95. The summed E-state index contributed by atoms with van der Waals surface area (Å²) >= 11 is 0. The highest BCUT2D eigenvalue weighted by Gasteiger charge is 2.14. The minimum Gasteiger partial charge on any atom is -0.374 e. The Balaban J connectivity index is 1.50. The van der Waals surface area contributed by atoms with Crippen LogP contribution in [-0.2, 0) is 14.2 Å². The van der Waals surface area contributed by atoms with E-state index in [2.05, 4.69) is 12.2 Å². The van der Waals surface area contributed by atoms with Crippen molar-refractivity contribution >= 4 is 0 Å². The van der Waals surface area contributed by atoms with E-state index in [0.717, 1.165) is 45.5 Å². The predicted octanol–water partition coefficient (Wildman–Crippen LogP) is 2.65. The predicted molar refractivity (Wildman–Crippen MR) is 62.3 cm³/mol. The lowest BCUT2D eigenvalue weighted by molar-refractivity contribution is -0.163. The minimum absolute atomic E-state index is 0.0524. The molecule has 0 saturated carbocycles. The van der Waals surface area contributed by atoms with Gasteiger partial charge in [0.15, 0.2) is 6.29 Å². The fourth-order valence-electron chi connectivity index (χ4n) is 2.11. The van der Waals surface area contributed by atoms with E-state index in [0.29, 0.717) is 6.10 Å². The van der Waals surface area contributed by atoms with E-state index in [4.69, 9.17) is 14.2 Å². The highest BCUT2D eigenvalue weighted by molar-refractivity contribution is 4.92. The zero-order valence-electron chi connectivity index (χ0n) is 9.90. The lowest BCUT2D eigenvalue weighted by atomic mass is 10.1. The third-order valence-corrected chi connectivity index (χ3v) is 3.04. The second-order valence-corrected chi connectivity index (χ2v) is 4.44. The van der Waals surface area contributed by atoms with Gasteiger partial charge < -0.3 is 14.2 Å². The molecule has 2 rings (SSSR count). The van der Waals surface area contributed by atoms with E-state index in [9.17, 15) is 0 Å². The van der Waals surface area contributed by atoms with Crippen LogP contribution >= 0.6 is 0 Å². The highest BCUT2D eigenvalue weighted by atomic mass is 16.7. The van der Waals surface area contributed by atoms with Crippen molar-refractivity contribution in [2.24, 2.45) is 0 Å². The van der Waals surface area contributed by atoms with E-state index in [1.807, 2.05) is 0 Å². The Morgan fingerprint density at radius 1 is 1.19 bits per heavy atom. The van der Waals surface area contributed by atoms with Crippen molar-refractivity contribution in [2.45, 2.75) is 50.9 Å². The molecule has 0 amide bonds. The molecule has 2 aliphatic rings. The van der Waals surface area contributed by atoms with E-state index in [1.54, 1.807) is 0 Å². The summed E-state index contributed by atoms with van der Waals surface area (Å²) in [5, 5.41) is 0. The van der Waals surface area contributed by atoms with Gasteiger partial charge in [-0.2, -0.15) is 0 Å². The summed E-state index contributed by atoms with van der Waals surface area (Å²) in [6, 6.07) is 0. The molecule has 2 unspecified atom stereocenters. The first kappa shape index (κ1) is 12.1. The number of rotatable bonds is 5. The Morgan fingerprint density at radius 2 is 2.19 bits per heavy atom. The van der Waals surface area contributed by atoms with Gasteiger partial charge in [0.1, 0.15) is 0 Å². The van der Waals surface area contributed by atoms with Crippen molar-refractivity contribution in [2.75, 3.05) is 19.8 Å². The maximum Gasteiger partial charge on any atom is 0.157 e. The molecule has 2 aliphatic heterocycles. The van der Waals surface area contributed by atoms with Crippen LogP contribution in [0, 0.1) is 0 Å². The van der Waals surface area contributed by atoms with Gasteiger partial charge >= 0.3 is 0 Å². The van der Waals surface area contributed by atoms with Crippen molar-refractivity contribution in [3.8, 4) is 0 Å². The molecule has 0 radical (unpaired) electrons. The second-order valence-electron chi connectivity index (χ2n) is 4.44. The Hall–Kier alpha value is -0.380. The van der Waals surface area contributed by atoms with E-state index in [-0.39, 0.29) is 6.29 Å². The van der Waals surface area contributed by atoms with Crippen molar-refractivity contribution in [3.63, 3.8) is 0 Å². The lowest BCUT2D eigenvalue weighted by Gasteiger charge is -2.23. The van der Waals surface area contributed by atoms with Crippen molar-refractivity contribution in [1.29, 1.82) is 0 Å². The monoisotopic (exact) mass is 226 g/mol. The first-order valence-electron chi connectivity index (χ1n) is 6.46. The Bertz CT molecular complexity index is 209. The smallest absolute Gasteiger partial charge is 0.157 e. The van der Waals surface area contributed by atoms with Crippen LogP contribution in [0.2, 0.25) is 0 Å². The normalized spacial score (nSPS) is 30.5. The molecular formula is C13H22O3. The van der Waals surface area contributed by atoms with Gasteiger partial charge in [-0.1, -0.05) is 12.2 Å². The van der Waals surface area contributed by atoms with Gasteiger partial charge in [-0.3, -0.25) is 0 Å². The molecule has 0 spiro atoms. The summed E-state index contributed by atoms with van der Waals surface area (Å²) < 4.78 is 16.8. The van der Waals surface area contributed by atoms with Crippen LogP contribution in [0.3, 0.4) is 0 Å². The maximum atomic E-state index is 5.67. The summed E-state index contributed by atoms with van der Waals surface area (Å²) in [7, 11) is 0. The highest BCUT2D eigenvalue weighted by Crippen LogP contribution is 2.15. The largest absolute Gasteiger partial charge is 0.374 e. The Kier molecular flexibility index (Phi) is 5.32. The van der Waals surface area contributed by atoms with Crippen molar-refractivity contribution < 1.29 is 14.2 Å². The van der Waals surface area contributed by atoms with E-state index in [1.165, 1.54) is 12.8 Å². The minimum atomic E-state index is 0.0524. The van der Waals surface area contributed by atoms with Crippen molar-refractivity contribution in [3.05, 3.63) is 12.2 Å². The average Bonchev–Trinajstić information content (AvgIpc) is 2.37. The molecule has 92 valence electrons. The molecule has 1 saturated heterocycles. The number of hydrogen-bond donors (Lipinski definition) is 0. The van der Waals surface area contributed by atoms with Crippen LogP contribution in [0.1, 0.15) is 38.5 Å². The molecule has 16 heavy (non-hydrogen) atoms. The summed E-state index contributed by atoms with van der Waals surface area (Å²) in [4.78, 5) is 0.